The highest BCUT2D eigenvalue weighted by molar-refractivity contribution is 7.89. The minimum Gasteiger partial charge on any atom is -0.351 e. The van der Waals surface area contributed by atoms with Crippen LogP contribution in [0.3, 0.4) is 0 Å². The number of carbonyl (C=O) groups excluding carboxylic acids is 1. The Hall–Kier alpha value is -0.820. The van der Waals surface area contributed by atoms with Gasteiger partial charge in [0.05, 0.1) is 5.02 Å². The van der Waals surface area contributed by atoms with Crippen LogP contribution in [-0.2, 0) is 14.8 Å². The Kier molecular flexibility index (Phi) is 6.64. The van der Waals surface area contributed by atoms with E-state index in [1.807, 2.05) is 0 Å². The van der Waals surface area contributed by atoms with Gasteiger partial charge < -0.3 is 5.32 Å². The first-order valence-electron chi connectivity index (χ1n) is 9.88. The van der Waals surface area contributed by atoms with Crippen LogP contribution in [0, 0.1) is 11.8 Å². The molecule has 156 valence electrons. The van der Waals surface area contributed by atoms with Crippen molar-refractivity contribution in [2.45, 2.75) is 62.8 Å². The molecule has 1 aliphatic carbocycles. The first-order chi connectivity index (χ1) is 13.1. The van der Waals surface area contributed by atoms with E-state index >= 15 is 0 Å². The zero-order valence-corrected chi connectivity index (χ0v) is 18.7. The molecular formula is C20H28Cl2N2O3S. The van der Waals surface area contributed by atoms with Crippen LogP contribution in [-0.4, -0.2) is 37.3 Å². The highest BCUT2D eigenvalue weighted by Crippen LogP contribution is 2.33. The van der Waals surface area contributed by atoms with Gasteiger partial charge >= 0.3 is 0 Å². The second-order valence-electron chi connectivity index (χ2n) is 8.49. The van der Waals surface area contributed by atoms with E-state index in [1.54, 1.807) is 6.07 Å². The van der Waals surface area contributed by atoms with Crippen LogP contribution in [0.2, 0.25) is 10.0 Å². The third-order valence-electron chi connectivity index (χ3n) is 6.14. The number of benzene rings is 1. The Morgan fingerprint density at radius 1 is 1.14 bits per heavy atom. The molecule has 1 N–H and O–H groups in total. The van der Waals surface area contributed by atoms with E-state index in [0.29, 0.717) is 31.0 Å². The maximum atomic E-state index is 12.9. The normalized spacial score (nSPS) is 27.5. The van der Waals surface area contributed by atoms with E-state index < -0.39 is 10.0 Å². The van der Waals surface area contributed by atoms with Crippen LogP contribution in [0.25, 0.3) is 0 Å². The molecule has 1 saturated heterocycles. The van der Waals surface area contributed by atoms with Crippen molar-refractivity contribution in [1.29, 1.82) is 0 Å². The number of sulfonamides is 1. The van der Waals surface area contributed by atoms with Crippen molar-refractivity contribution >= 4 is 39.1 Å². The van der Waals surface area contributed by atoms with E-state index in [-0.39, 0.29) is 27.3 Å². The molecule has 1 saturated carbocycles. The van der Waals surface area contributed by atoms with Gasteiger partial charge in [-0.25, -0.2) is 8.42 Å². The molecule has 0 unspecified atom stereocenters. The Morgan fingerprint density at radius 3 is 2.36 bits per heavy atom. The number of nitrogens with zero attached hydrogens (tertiary/aromatic N) is 1. The van der Waals surface area contributed by atoms with E-state index in [4.69, 9.17) is 23.2 Å². The lowest BCUT2D eigenvalue weighted by molar-refractivity contribution is -0.128. The Morgan fingerprint density at radius 2 is 1.75 bits per heavy atom. The van der Waals surface area contributed by atoms with Crippen molar-refractivity contribution in [1.82, 2.24) is 9.62 Å². The third kappa shape index (κ3) is 4.84. The average molecular weight is 447 g/mol. The van der Waals surface area contributed by atoms with E-state index in [0.717, 1.165) is 31.6 Å². The molecule has 0 radical (unpaired) electrons. The highest BCUT2D eigenvalue weighted by Gasteiger charge is 2.36. The summed E-state index contributed by atoms with van der Waals surface area (Å²) in [6.45, 7) is 4.98. The fraction of sp³-hybridized carbons (Fsp3) is 0.650. The van der Waals surface area contributed by atoms with Gasteiger partial charge in [-0.05, 0) is 69.6 Å². The van der Waals surface area contributed by atoms with Gasteiger partial charge in [-0.3, -0.25) is 4.79 Å². The van der Waals surface area contributed by atoms with Crippen LogP contribution in [0.4, 0.5) is 0 Å². The number of carbonyl (C=O) groups is 1. The molecule has 0 aromatic heterocycles. The zero-order valence-electron chi connectivity index (χ0n) is 16.4. The largest absolute Gasteiger partial charge is 0.351 e. The van der Waals surface area contributed by atoms with Gasteiger partial charge in [-0.1, -0.05) is 30.1 Å². The van der Waals surface area contributed by atoms with Crippen LogP contribution in [0.5, 0.6) is 0 Å². The van der Waals surface area contributed by atoms with Crippen LogP contribution >= 0.6 is 23.2 Å². The fourth-order valence-corrected chi connectivity index (χ4v) is 6.30. The van der Waals surface area contributed by atoms with E-state index in [2.05, 4.69) is 19.2 Å². The summed E-state index contributed by atoms with van der Waals surface area (Å²) in [4.78, 5) is 12.8. The fourth-order valence-electron chi connectivity index (χ4n) is 4.10. The number of amides is 1. The molecule has 28 heavy (non-hydrogen) atoms. The minimum absolute atomic E-state index is 0.0217. The summed E-state index contributed by atoms with van der Waals surface area (Å²) in [5.41, 5.74) is -0.138. The molecule has 5 nitrogen and oxygen atoms in total. The molecule has 1 aromatic carbocycles. The topological polar surface area (TPSA) is 66.5 Å². The summed E-state index contributed by atoms with van der Waals surface area (Å²) in [7, 11) is -3.72. The molecule has 8 heteroatoms. The first kappa shape index (κ1) is 21.9. The number of halogens is 2. The molecule has 0 bridgehead atoms. The molecule has 3 rings (SSSR count). The first-order valence-corrected chi connectivity index (χ1v) is 12.1. The van der Waals surface area contributed by atoms with Crippen molar-refractivity contribution in [2.75, 3.05) is 13.1 Å². The molecule has 2 aliphatic rings. The SMILES string of the molecule is CC1CCC(C)(NC(=O)C2CCN(S(=O)(=O)c3cc(Cl)ccc3Cl)CC2)CC1. The molecule has 2 fully saturated rings. The summed E-state index contributed by atoms with van der Waals surface area (Å²) < 4.78 is 27.2. The Balaban J connectivity index is 1.61. The molecule has 1 aromatic rings. The lowest BCUT2D eigenvalue weighted by Gasteiger charge is -2.39. The molecule has 1 aliphatic heterocycles. The molecule has 1 amide bonds. The average Bonchev–Trinajstić information content (AvgIpc) is 2.66. The van der Waals surface area contributed by atoms with Gasteiger partial charge in [-0.2, -0.15) is 4.31 Å². The lowest BCUT2D eigenvalue weighted by atomic mass is 9.78. The van der Waals surface area contributed by atoms with Gasteiger partial charge in [0.15, 0.2) is 0 Å². The van der Waals surface area contributed by atoms with Gasteiger partial charge in [0.25, 0.3) is 0 Å². The van der Waals surface area contributed by atoms with Crippen molar-refractivity contribution in [3.05, 3.63) is 28.2 Å². The quantitative estimate of drug-likeness (QED) is 0.740. The van der Waals surface area contributed by atoms with Gasteiger partial charge in [0.2, 0.25) is 15.9 Å². The number of piperidine rings is 1. The maximum Gasteiger partial charge on any atom is 0.244 e. The minimum atomic E-state index is -3.72. The van der Waals surface area contributed by atoms with Gasteiger partial charge in [0.1, 0.15) is 4.90 Å². The smallest absolute Gasteiger partial charge is 0.244 e. The Bertz CT molecular complexity index is 828. The second kappa shape index (κ2) is 8.50. The van der Waals surface area contributed by atoms with Crippen molar-refractivity contribution in [3.63, 3.8) is 0 Å². The van der Waals surface area contributed by atoms with Gasteiger partial charge in [-0.15, -0.1) is 0 Å². The number of hydrogen-bond acceptors (Lipinski definition) is 3. The highest BCUT2D eigenvalue weighted by atomic mass is 35.5. The standard InChI is InChI=1S/C20H28Cl2N2O3S/c1-14-5-9-20(2,10-6-14)23-19(25)15-7-11-24(12-8-15)28(26,27)18-13-16(21)3-4-17(18)22/h3-4,13-15H,5-12H2,1-2H3,(H,23,25). The number of nitrogens with one attached hydrogen (secondary N) is 1. The van der Waals surface area contributed by atoms with Crippen LogP contribution in [0.15, 0.2) is 23.1 Å². The zero-order chi connectivity index (χ0) is 20.5. The summed E-state index contributed by atoms with van der Waals surface area (Å²) in [5, 5.41) is 3.72. The predicted molar refractivity (Wildman–Crippen MR) is 112 cm³/mol. The third-order valence-corrected chi connectivity index (χ3v) is 8.75. The monoisotopic (exact) mass is 446 g/mol. The van der Waals surface area contributed by atoms with E-state index in [1.165, 1.54) is 16.4 Å². The number of hydrogen-bond donors (Lipinski definition) is 1. The maximum absolute atomic E-state index is 12.9. The lowest BCUT2D eigenvalue weighted by Crippen LogP contribution is -2.52. The molecular weight excluding hydrogens is 419 g/mol. The molecule has 0 atom stereocenters. The summed E-state index contributed by atoms with van der Waals surface area (Å²) in [5.74, 6) is 0.615. The van der Waals surface area contributed by atoms with Crippen LogP contribution in [0.1, 0.15) is 52.4 Å². The van der Waals surface area contributed by atoms with Gasteiger partial charge in [0, 0.05) is 29.6 Å². The summed E-state index contributed by atoms with van der Waals surface area (Å²) in [6.07, 6.45) is 5.29. The molecule has 0 spiro atoms. The summed E-state index contributed by atoms with van der Waals surface area (Å²) >= 11 is 12.0. The van der Waals surface area contributed by atoms with E-state index in [9.17, 15) is 13.2 Å². The number of rotatable bonds is 4. The molecule has 1 heterocycles. The summed E-state index contributed by atoms with van der Waals surface area (Å²) in [6, 6.07) is 4.43. The second-order valence-corrected chi connectivity index (χ2v) is 11.2. The van der Waals surface area contributed by atoms with Crippen molar-refractivity contribution in [2.24, 2.45) is 11.8 Å². The predicted octanol–water partition coefficient (Wildman–Crippen LogP) is 4.48. The Labute approximate surface area is 177 Å². The van der Waals surface area contributed by atoms with Crippen LogP contribution < -0.4 is 5.32 Å². The van der Waals surface area contributed by atoms with Crippen molar-refractivity contribution < 1.29 is 13.2 Å². The van der Waals surface area contributed by atoms with Crippen molar-refractivity contribution in [3.8, 4) is 0 Å².